The lowest BCUT2D eigenvalue weighted by Gasteiger charge is -2.43. The van der Waals surface area contributed by atoms with Gasteiger partial charge in [0, 0.05) is 32.8 Å². The van der Waals surface area contributed by atoms with Gasteiger partial charge in [0.15, 0.2) is 0 Å². The number of nitrogens with zero attached hydrogens (tertiary/aromatic N) is 2. The van der Waals surface area contributed by atoms with Crippen molar-refractivity contribution in [3.63, 3.8) is 0 Å². The van der Waals surface area contributed by atoms with E-state index in [0.29, 0.717) is 12.1 Å². The molecule has 1 aromatic heterocycles. The maximum Gasteiger partial charge on any atom is 0.0951 e. The molecule has 0 spiro atoms. The Morgan fingerprint density at radius 2 is 2.17 bits per heavy atom. The third-order valence-electron chi connectivity index (χ3n) is 6.21. The second-order valence-electron chi connectivity index (χ2n) is 7.79. The number of aryl methyl sites for hydroxylation is 1. The van der Waals surface area contributed by atoms with Crippen LogP contribution in [0, 0.1) is 12.8 Å². The predicted octanol–water partition coefficient (Wildman–Crippen LogP) is 3.31. The van der Waals surface area contributed by atoms with E-state index in [-0.39, 0.29) is 5.60 Å². The fraction of sp³-hybridized carbons (Fsp3) is 0.833. The van der Waals surface area contributed by atoms with Crippen molar-refractivity contribution in [2.45, 2.75) is 69.7 Å². The van der Waals surface area contributed by atoms with Gasteiger partial charge in [-0.2, -0.15) is 5.10 Å². The minimum atomic E-state index is -0.0166. The van der Waals surface area contributed by atoms with Crippen LogP contribution in [0.15, 0.2) is 0 Å². The molecule has 3 aliphatic rings. The van der Waals surface area contributed by atoms with Crippen LogP contribution in [0.1, 0.15) is 49.9 Å². The van der Waals surface area contributed by atoms with Crippen LogP contribution in [0.5, 0.6) is 0 Å². The smallest absolute Gasteiger partial charge is 0.0951 e. The van der Waals surface area contributed by atoms with Crippen molar-refractivity contribution < 1.29 is 9.47 Å². The zero-order chi connectivity index (χ0) is 16.7. The van der Waals surface area contributed by atoms with Gasteiger partial charge in [0.25, 0.3) is 0 Å². The number of hydrogen-bond acceptors (Lipinski definition) is 4. The number of halogens is 1. The highest BCUT2D eigenvalue weighted by molar-refractivity contribution is 6.31. The number of fused-ring (bicyclic) bond motifs is 1. The van der Waals surface area contributed by atoms with Gasteiger partial charge in [-0.15, -0.1) is 0 Å². The normalized spacial score (nSPS) is 33.8. The number of aromatic nitrogens is 2. The van der Waals surface area contributed by atoms with E-state index in [0.717, 1.165) is 67.7 Å². The molecule has 3 fully saturated rings. The third kappa shape index (κ3) is 3.12. The maximum absolute atomic E-state index is 6.37. The largest absolute Gasteiger partial charge is 0.378 e. The molecule has 0 radical (unpaired) electrons. The Morgan fingerprint density at radius 1 is 1.33 bits per heavy atom. The molecule has 1 N–H and O–H groups in total. The number of hydrogen-bond donors (Lipinski definition) is 1. The standard InChI is InChI=1S/C18H28ClN3O2/c1-12-17(19)15(21-20-12)10-22-8-7-18(23-2)6-5-14(9-16(18)22)24-11-13-3-4-13/h13-14,16H,3-11H2,1-2H3,(H,20,21)/t14?,16?,18-/m1/s1. The van der Waals surface area contributed by atoms with E-state index < -0.39 is 0 Å². The lowest BCUT2D eigenvalue weighted by atomic mass is 9.79. The van der Waals surface area contributed by atoms with Gasteiger partial charge in [-0.05, 0) is 51.4 Å². The summed E-state index contributed by atoms with van der Waals surface area (Å²) in [4.78, 5) is 2.50. The maximum atomic E-state index is 6.37. The molecule has 2 heterocycles. The van der Waals surface area contributed by atoms with Gasteiger partial charge in [-0.25, -0.2) is 0 Å². The second-order valence-corrected chi connectivity index (χ2v) is 8.17. The Balaban J connectivity index is 1.45. The summed E-state index contributed by atoms with van der Waals surface area (Å²) >= 11 is 6.37. The second kappa shape index (κ2) is 6.60. The number of nitrogens with one attached hydrogen (secondary N) is 1. The molecule has 0 aromatic carbocycles. The molecule has 2 aliphatic carbocycles. The van der Waals surface area contributed by atoms with Crippen molar-refractivity contribution in [3.8, 4) is 0 Å². The molecule has 24 heavy (non-hydrogen) atoms. The summed E-state index contributed by atoms with van der Waals surface area (Å²) in [7, 11) is 1.87. The SMILES string of the molecule is CO[C@@]12CCC(OCC3CC3)CC1N(Cc1n[nH]c(C)c1Cl)CC2. The van der Waals surface area contributed by atoms with Crippen molar-refractivity contribution in [1.29, 1.82) is 0 Å². The van der Waals surface area contributed by atoms with E-state index in [1.54, 1.807) is 0 Å². The molecular weight excluding hydrogens is 326 g/mol. The fourth-order valence-corrected chi connectivity index (χ4v) is 4.56. The Bertz CT molecular complexity index is 589. The van der Waals surface area contributed by atoms with E-state index in [2.05, 4.69) is 15.1 Å². The highest BCUT2D eigenvalue weighted by Gasteiger charge is 2.51. The lowest BCUT2D eigenvalue weighted by molar-refractivity contribution is -0.103. The summed E-state index contributed by atoms with van der Waals surface area (Å²) in [6, 6.07) is 0.397. The van der Waals surface area contributed by atoms with Gasteiger partial charge in [0.1, 0.15) is 0 Å². The first-order chi connectivity index (χ1) is 11.6. The van der Waals surface area contributed by atoms with E-state index >= 15 is 0 Å². The Morgan fingerprint density at radius 3 is 2.83 bits per heavy atom. The Hall–Kier alpha value is -0.620. The first kappa shape index (κ1) is 16.8. The highest BCUT2D eigenvalue weighted by Crippen LogP contribution is 2.44. The van der Waals surface area contributed by atoms with Crippen LogP contribution in [0.3, 0.4) is 0 Å². The molecule has 1 saturated heterocycles. The number of likely N-dealkylation sites (tertiary alicyclic amines) is 1. The minimum absolute atomic E-state index is 0.0166. The number of aromatic amines is 1. The van der Waals surface area contributed by atoms with E-state index in [4.69, 9.17) is 21.1 Å². The van der Waals surface area contributed by atoms with Gasteiger partial charge in [-0.1, -0.05) is 11.6 Å². The molecule has 2 saturated carbocycles. The monoisotopic (exact) mass is 353 g/mol. The van der Waals surface area contributed by atoms with Crippen molar-refractivity contribution in [1.82, 2.24) is 15.1 Å². The number of methoxy groups -OCH3 is 1. The quantitative estimate of drug-likeness (QED) is 0.852. The lowest BCUT2D eigenvalue weighted by Crippen LogP contribution is -2.51. The molecule has 5 nitrogen and oxygen atoms in total. The van der Waals surface area contributed by atoms with Crippen LogP contribution >= 0.6 is 11.6 Å². The van der Waals surface area contributed by atoms with Crippen molar-refractivity contribution in [3.05, 3.63) is 16.4 Å². The van der Waals surface area contributed by atoms with Gasteiger partial charge in [-0.3, -0.25) is 10.00 Å². The van der Waals surface area contributed by atoms with Gasteiger partial charge in [0.05, 0.1) is 28.1 Å². The molecule has 4 rings (SSSR count). The first-order valence-corrected chi connectivity index (χ1v) is 9.59. The molecule has 2 unspecified atom stereocenters. The van der Waals surface area contributed by atoms with Crippen LogP contribution in [-0.2, 0) is 16.0 Å². The molecule has 0 bridgehead atoms. The molecule has 0 amide bonds. The molecule has 134 valence electrons. The molecule has 1 aliphatic heterocycles. The van der Waals surface area contributed by atoms with Crippen LogP contribution in [0.25, 0.3) is 0 Å². The number of H-pyrrole nitrogens is 1. The van der Waals surface area contributed by atoms with E-state index in [1.807, 2.05) is 14.0 Å². The summed E-state index contributed by atoms with van der Waals surface area (Å²) in [5.41, 5.74) is 1.87. The fourth-order valence-electron chi connectivity index (χ4n) is 4.42. The first-order valence-electron chi connectivity index (χ1n) is 9.21. The predicted molar refractivity (Wildman–Crippen MR) is 93.2 cm³/mol. The zero-order valence-electron chi connectivity index (χ0n) is 14.7. The zero-order valence-corrected chi connectivity index (χ0v) is 15.4. The summed E-state index contributed by atoms with van der Waals surface area (Å²) < 4.78 is 12.2. The van der Waals surface area contributed by atoms with Gasteiger partial charge >= 0.3 is 0 Å². The number of ether oxygens (including phenoxy) is 2. The summed E-state index contributed by atoms with van der Waals surface area (Å²) in [5.74, 6) is 0.824. The van der Waals surface area contributed by atoms with Crippen molar-refractivity contribution >= 4 is 11.6 Å². The minimum Gasteiger partial charge on any atom is -0.378 e. The summed E-state index contributed by atoms with van der Waals surface area (Å²) in [6.45, 7) is 4.73. The molecular formula is C18H28ClN3O2. The third-order valence-corrected chi connectivity index (χ3v) is 6.71. The van der Waals surface area contributed by atoms with Crippen LogP contribution < -0.4 is 0 Å². The van der Waals surface area contributed by atoms with Crippen LogP contribution in [-0.4, -0.2) is 53.1 Å². The van der Waals surface area contributed by atoms with Crippen LogP contribution in [0.2, 0.25) is 5.02 Å². The van der Waals surface area contributed by atoms with E-state index in [9.17, 15) is 0 Å². The van der Waals surface area contributed by atoms with E-state index in [1.165, 1.54) is 12.8 Å². The molecule has 6 heteroatoms. The van der Waals surface area contributed by atoms with Crippen LogP contribution in [0.4, 0.5) is 0 Å². The number of rotatable bonds is 6. The highest BCUT2D eigenvalue weighted by atomic mass is 35.5. The van der Waals surface area contributed by atoms with Gasteiger partial charge in [0.2, 0.25) is 0 Å². The average molecular weight is 354 g/mol. The van der Waals surface area contributed by atoms with Gasteiger partial charge < -0.3 is 9.47 Å². The molecule has 1 aromatic rings. The summed E-state index contributed by atoms with van der Waals surface area (Å²) in [6.07, 6.45) is 7.42. The molecule has 3 atom stereocenters. The average Bonchev–Trinajstić information content (AvgIpc) is 3.30. The van der Waals surface area contributed by atoms with Crippen molar-refractivity contribution in [2.24, 2.45) is 5.92 Å². The van der Waals surface area contributed by atoms with Crippen molar-refractivity contribution in [2.75, 3.05) is 20.3 Å². The topological polar surface area (TPSA) is 50.4 Å². The summed E-state index contributed by atoms with van der Waals surface area (Å²) in [5, 5.41) is 8.14. The Labute approximate surface area is 149 Å². The Kier molecular flexibility index (Phi) is 4.63.